The number of aromatic nitrogens is 4. The third-order valence-electron chi connectivity index (χ3n) is 3.01. The normalized spacial score (nSPS) is 10.8. The highest BCUT2D eigenvalue weighted by atomic mass is 16.5. The quantitative estimate of drug-likeness (QED) is 0.803. The van der Waals surface area contributed by atoms with Gasteiger partial charge >= 0.3 is 0 Å². The van der Waals surface area contributed by atoms with Gasteiger partial charge in [0.1, 0.15) is 18.2 Å². The number of nitrogens with two attached hydrogens (primary N) is 1. The van der Waals surface area contributed by atoms with E-state index in [1.165, 1.54) is 0 Å². The van der Waals surface area contributed by atoms with Crippen LogP contribution in [0.2, 0.25) is 0 Å². The highest BCUT2D eigenvalue weighted by Crippen LogP contribution is 2.13. The second kappa shape index (κ2) is 7.03. The lowest BCUT2D eigenvalue weighted by Crippen LogP contribution is -2.08. The van der Waals surface area contributed by atoms with Crippen molar-refractivity contribution in [2.75, 3.05) is 17.7 Å². The molecule has 3 N–H and O–H groups in total. The SMILES string of the molecule is CCOCc1nc(N)cc(NCc2cn(C)nc2CC)n1. The fourth-order valence-electron chi connectivity index (χ4n) is 2.08. The van der Waals surface area contributed by atoms with Gasteiger partial charge in [-0.1, -0.05) is 6.92 Å². The van der Waals surface area contributed by atoms with Gasteiger partial charge in [0, 0.05) is 38.0 Å². The molecule has 2 rings (SSSR count). The molecule has 0 amide bonds. The van der Waals surface area contributed by atoms with Gasteiger partial charge in [0.25, 0.3) is 0 Å². The predicted octanol–water partition coefficient (Wildman–Crippen LogP) is 1.50. The van der Waals surface area contributed by atoms with Gasteiger partial charge in [-0.3, -0.25) is 4.68 Å². The number of rotatable bonds is 7. The molecular weight excluding hydrogens is 268 g/mol. The van der Waals surface area contributed by atoms with Crippen molar-refractivity contribution >= 4 is 11.6 Å². The third-order valence-corrected chi connectivity index (χ3v) is 3.01. The molecule has 7 heteroatoms. The molecule has 0 aliphatic rings. The van der Waals surface area contributed by atoms with Crippen molar-refractivity contribution in [3.05, 3.63) is 29.3 Å². The Morgan fingerprint density at radius 2 is 2.14 bits per heavy atom. The van der Waals surface area contributed by atoms with Crippen LogP contribution in [0.1, 0.15) is 30.9 Å². The van der Waals surface area contributed by atoms with Crippen molar-refractivity contribution in [2.45, 2.75) is 33.4 Å². The van der Waals surface area contributed by atoms with Crippen LogP contribution in [0.3, 0.4) is 0 Å². The van der Waals surface area contributed by atoms with Crippen LogP contribution < -0.4 is 11.1 Å². The van der Waals surface area contributed by atoms with Crippen LogP contribution in [0, 0.1) is 0 Å². The molecule has 0 bridgehead atoms. The van der Waals surface area contributed by atoms with Gasteiger partial charge in [-0.2, -0.15) is 5.10 Å². The van der Waals surface area contributed by atoms with E-state index in [-0.39, 0.29) is 0 Å². The van der Waals surface area contributed by atoms with Crippen LogP contribution in [-0.4, -0.2) is 26.4 Å². The number of anilines is 2. The number of nitrogens with one attached hydrogen (secondary N) is 1. The van der Waals surface area contributed by atoms with E-state index in [1.807, 2.05) is 24.9 Å². The molecule has 7 nitrogen and oxygen atoms in total. The van der Waals surface area contributed by atoms with Crippen LogP contribution in [0.25, 0.3) is 0 Å². The zero-order chi connectivity index (χ0) is 15.2. The topological polar surface area (TPSA) is 90.9 Å². The van der Waals surface area contributed by atoms with Gasteiger partial charge in [0.15, 0.2) is 5.82 Å². The third kappa shape index (κ3) is 4.16. The maximum absolute atomic E-state index is 5.80. The Morgan fingerprint density at radius 1 is 1.33 bits per heavy atom. The molecule has 0 radical (unpaired) electrons. The molecule has 114 valence electrons. The van der Waals surface area contributed by atoms with Crippen LogP contribution in [0.5, 0.6) is 0 Å². The molecule has 2 aromatic rings. The Balaban J connectivity index is 2.06. The molecule has 0 aliphatic heterocycles. The highest BCUT2D eigenvalue weighted by Gasteiger charge is 2.07. The average molecular weight is 290 g/mol. The van der Waals surface area contributed by atoms with Gasteiger partial charge in [-0.15, -0.1) is 0 Å². The summed E-state index contributed by atoms with van der Waals surface area (Å²) in [6.07, 6.45) is 2.91. The molecule has 2 heterocycles. The number of nitrogens with zero attached hydrogens (tertiary/aromatic N) is 4. The van der Waals surface area contributed by atoms with Crippen LogP contribution in [0.15, 0.2) is 12.3 Å². The highest BCUT2D eigenvalue weighted by molar-refractivity contribution is 5.45. The molecule has 0 fully saturated rings. The Kier molecular flexibility index (Phi) is 5.10. The molecular formula is C14H22N6O. The average Bonchev–Trinajstić information content (AvgIpc) is 2.82. The summed E-state index contributed by atoms with van der Waals surface area (Å²) in [7, 11) is 1.92. The number of aryl methyl sites for hydroxylation is 2. The van der Waals surface area contributed by atoms with E-state index >= 15 is 0 Å². The van der Waals surface area contributed by atoms with E-state index in [9.17, 15) is 0 Å². The van der Waals surface area contributed by atoms with E-state index in [1.54, 1.807) is 6.07 Å². The summed E-state index contributed by atoms with van der Waals surface area (Å²) in [6, 6.07) is 1.72. The Bertz CT molecular complexity index is 595. The minimum atomic E-state index is 0.364. The summed E-state index contributed by atoms with van der Waals surface area (Å²) < 4.78 is 7.13. The van der Waals surface area contributed by atoms with Gasteiger partial charge in [-0.25, -0.2) is 9.97 Å². The minimum absolute atomic E-state index is 0.364. The van der Waals surface area contributed by atoms with Crippen molar-refractivity contribution in [3.8, 4) is 0 Å². The largest absolute Gasteiger partial charge is 0.384 e. The van der Waals surface area contributed by atoms with Crippen molar-refractivity contribution < 1.29 is 4.74 Å². The van der Waals surface area contributed by atoms with Gasteiger partial charge in [0.2, 0.25) is 0 Å². The summed E-state index contributed by atoms with van der Waals surface area (Å²) in [4.78, 5) is 8.54. The summed E-state index contributed by atoms with van der Waals surface area (Å²) in [6.45, 7) is 5.66. The van der Waals surface area contributed by atoms with Crippen LogP contribution in [0.4, 0.5) is 11.6 Å². The maximum atomic E-state index is 5.80. The maximum Gasteiger partial charge on any atom is 0.158 e. The molecule has 0 saturated heterocycles. The number of hydrogen-bond donors (Lipinski definition) is 2. The molecule has 0 spiro atoms. The zero-order valence-corrected chi connectivity index (χ0v) is 12.8. The van der Waals surface area contributed by atoms with Gasteiger partial charge in [0.05, 0.1) is 5.69 Å². The summed E-state index contributed by atoms with van der Waals surface area (Å²) in [5, 5.41) is 7.68. The first-order chi connectivity index (χ1) is 10.1. The van der Waals surface area contributed by atoms with E-state index in [4.69, 9.17) is 10.5 Å². The predicted molar refractivity (Wildman–Crippen MR) is 81.7 cm³/mol. The molecule has 0 aliphatic carbocycles. The monoisotopic (exact) mass is 290 g/mol. The fourth-order valence-corrected chi connectivity index (χ4v) is 2.08. The standard InChI is InChI=1S/C14H22N6O/c1-4-11-10(8-20(3)19-11)7-16-13-6-12(15)17-14(18-13)9-21-5-2/h6,8H,4-5,7,9H2,1-3H3,(H3,15,16,17,18). The van der Waals surface area contributed by atoms with Gasteiger partial charge < -0.3 is 15.8 Å². The molecule has 0 saturated carbocycles. The number of ether oxygens (including phenoxy) is 1. The van der Waals surface area contributed by atoms with E-state index in [0.29, 0.717) is 37.2 Å². The molecule has 2 aromatic heterocycles. The lowest BCUT2D eigenvalue weighted by Gasteiger charge is -2.08. The lowest BCUT2D eigenvalue weighted by molar-refractivity contribution is 0.128. The van der Waals surface area contributed by atoms with Crippen molar-refractivity contribution in [1.82, 2.24) is 19.7 Å². The first-order valence-corrected chi connectivity index (χ1v) is 7.08. The summed E-state index contributed by atoms with van der Waals surface area (Å²) >= 11 is 0. The fraction of sp³-hybridized carbons (Fsp3) is 0.500. The molecule has 0 aromatic carbocycles. The smallest absolute Gasteiger partial charge is 0.158 e. The van der Waals surface area contributed by atoms with Crippen molar-refractivity contribution in [1.29, 1.82) is 0 Å². The van der Waals surface area contributed by atoms with Crippen LogP contribution >= 0.6 is 0 Å². The Hall–Kier alpha value is -2.15. The molecule has 0 unspecified atom stereocenters. The second-order valence-electron chi connectivity index (χ2n) is 4.71. The van der Waals surface area contributed by atoms with E-state index in [2.05, 4.69) is 27.3 Å². The molecule has 0 atom stereocenters. The van der Waals surface area contributed by atoms with Gasteiger partial charge in [-0.05, 0) is 13.3 Å². The lowest BCUT2D eigenvalue weighted by atomic mass is 10.2. The minimum Gasteiger partial charge on any atom is -0.384 e. The van der Waals surface area contributed by atoms with Crippen molar-refractivity contribution in [2.24, 2.45) is 7.05 Å². The second-order valence-corrected chi connectivity index (χ2v) is 4.71. The summed E-state index contributed by atoms with van der Waals surface area (Å²) in [5.74, 6) is 1.72. The zero-order valence-electron chi connectivity index (χ0n) is 12.8. The Labute approximate surface area is 124 Å². The first kappa shape index (κ1) is 15.2. The summed E-state index contributed by atoms with van der Waals surface area (Å²) in [5.41, 5.74) is 8.04. The number of hydrogen-bond acceptors (Lipinski definition) is 6. The van der Waals surface area contributed by atoms with Crippen molar-refractivity contribution in [3.63, 3.8) is 0 Å². The first-order valence-electron chi connectivity index (χ1n) is 7.08. The molecule has 21 heavy (non-hydrogen) atoms. The van der Waals surface area contributed by atoms with E-state index in [0.717, 1.165) is 17.7 Å². The van der Waals surface area contributed by atoms with Crippen LogP contribution in [-0.2, 0) is 31.4 Å². The number of nitrogen functional groups attached to an aromatic ring is 1. The van der Waals surface area contributed by atoms with E-state index < -0.39 is 0 Å². The Morgan fingerprint density at radius 3 is 2.86 bits per heavy atom.